The van der Waals surface area contributed by atoms with Crippen LogP contribution in [0.3, 0.4) is 0 Å². The number of methoxy groups -OCH3 is 1. The van der Waals surface area contributed by atoms with Crippen molar-refractivity contribution >= 4 is 34.8 Å². The Kier molecular flexibility index (Phi) is 7.92. The Labute approximate surface area is 157 Å². The van der Waals surface area contributed by atoms with E-state index in [2.05, 4.69) is 16.0 Å². The van der Waals surface area contributed by atoms with E-state index in [0.717, 1.165) is 12.1 Å². The highest BCUT2D eigenvalue weighted by atomic mass is 35.5. The molecule has 6 nitrogen and oxygen atoms in total. The number of hydrogen-bond donors (Lipinski definition) is 3. The van der Waals surface area contributed by atoms with Crippen LogP contribution in [0, 0.1) is 0 Å². The van der Waals surface area contributed by atoms with Crippen molar-refractivity contribution in [3.63, 3.8) is 0 Å². The second-order valence-corrected chi connectivity index (χ2v) is 5.97. The summed E-state index contributed by atoms with van der Waals surface area (Å²) in [4.78, 5) is 23.9. The summed E-state index contributed by atoms with van der Waals surface area (Å²) in [6, 6.07) is 14.0. The highest BCUT2D eigenvalue weighted by Crippen LogP contribution is 2.20. The van der Waals surface area contributed by atoms with Crippen LogP contribution in [0.15, 0.2) is 48.5 Å². The Morgan fingerprint density at radius 1 is 1.08 bits per heavy atom. The number of carbonyl (C=O) groups excluding carboxylic acids is 2. The largest absolute Gasteiger partial charge is 0.385 e. The number of amides is 2. The van der Waals surface area contributed by atoms with E-state index < -0.39 is 0 Å². The lowest BCUT2D eigenvalue weighted by atomic mass is 10.2. The Morgan fingerprint density at radius 3 is 2.50 bits per heavy atom. The second kappa shape index (κ2) is 10.4. The average Bonchev–Trinajstić information content (AvgIpc) is 2.66. The van der Waals surface area contributed by atoms with Gasteiger partial charge in [-0.05, 0) is 42.8 Å². The summed E-state index contributed by atoms with van der Waals surface area (Å²) in [5.74, 6) is -0.345. The fraction of sp³-hybridized carbons (Fsp3) is 0.263. The Morgan fingerprint density at radius 2 is 1.81 bits per heavy atom. The van der Waals surface area contributed by atoms with Crippen LogP contribution in [0.2, 0.25) is 5.02 Å². The van der Waals surface area contributed by atoms with Gasteiger partial charge in [0.05, 0.1) is 17.3 Å². The normalized spacial score (nSPS) is 10.2. The van der Waals surface area contributed by atoms with Crippen LogP contribution >= 0.6 is 11.6 Å². The van der Waals surface area contributed by atoms with Gasteiger partial charge in [0, 0.05) is 31.5 Å². The van der Waals surface area contributed by atoms with Gasteiger partial charge in [0.1, 0.15) is 0 Å². The molecule has 2 amide bonds. The van der Waals surface area contributed by atoms with Gasteiger partial charge in [0.15, 0.2) is 0 Å². The zero-order valence-corrected chi connectivity index (χ0v) is 15.3. The maximum atomic E-state index is 12.0. The first-order valence-corrected chi connectivity index (χ1v) is 8.63. The minimum atomic E-state index is -0.210. The first-order valence-electron chi connectivity index (χ1n) is 8.25. The Balaban J connectivity index is 1.79. The van der Waals surface area contributed by atoms with Gasteiger partial charge in [0.25, 0.3) is 5.91 Å². The second-order valence-electron chi connectivity index (χ2n) is 5.56. The van der Waals surface area contributed by atoms with Gasteiger partial charge in [0.2, 0.25) is 5.91 Å². The number of anilines is 2. The van der Waals surface area contributed by atoms with E-state index in [4.69, 9.17) is 16.3 Å². The summed E-state index contributed by atoms with van der Waals surface area (Å²) in [6.45, 7) is 1.27. The predicted molar refractivity (Wildman–Crippen MR) is 104 cm³/mol. The lowest BCUT2D eigenvalue weighted by molar-refractivity contribution is -0.114. The van der Waals surface area contributed by atoms with Crippen LogP contribution in [-0.2, 0) is 9.53 Å². The molecule has 0 saturated carbocycles. The third kappa shape index (κ3) is 6.38. The van der Waals surface area contributed by atoms with Crippen molar-refractivity contribution in [1.29, 1.82) is 0 Å². The van der Waals surface area contributed by atoms with Gasteiger partial charge in [-0.25, -0.2) is 0 Å². The smallest absolute Gasteiger partial charge is 0.251 e. The predicted octanol–water partition coefficient (Wildman–Crippen LogP) is 3.16. The molecule has 138 valence electrons. The summed E-state index contributed by atoms with van der Waals surface area (Å²) in [5.41, 5.74) is 1.88. The Bertz CT molecular complexity index is 735. The zero-order valence-electron chi connectivity index (χ0n) is 14.5. The van der Waals surface area contributed by atoms with Gasteiger partial charge in [-0.15, -0.1) is 0 Å². The monoisotopic (exact) mass is 375 g/mol. The van der Waals surface area contributed by atoms with Crippen LogP contribution in [0.1, 0.15) is 16.8 Å². The molecule has 0 unspecified atom stereocenters. The highest BCUT2D eigenvalue weighted by Gasteiger charge is 2.07. The van der Waals surface area contributed by atoms with Crippen LogP contribution < -0.4 is 16.0 Å². The van der Waals surface area contributed by atoms with E-state index in [1.54, 1.807) is 55.6 Å². The highest BCUT2D eigenvalue weighted by molar-refractivity contribution is 6.33. The van der Waals surface area contributed by atoms with Gasteiger partial charge < -0.3 is 20.7 Å². The molecule has 0 radical (unpaired) electrons. The van der Waals surface area contributed by atoms with Crippen molar-refractivity contribution in [3.05, 3.63) is 59.1 Å². The molecule has 2 aromatic carbocycles. The number of carbonyl (C=O) groups is 2. The molecule has 2 rings (SSSR count). The molecule has 0 spiro atoms. The summed E-state index contributed by atoms with van der Waals surface area (Å²) in [7, 11) is 1.63. The van der Waals surface area contributed by atoms with Gasteiger partial charge in [-0.3, -0.25) is 9.59 Å². The number of nitrogens with one attached hydrogen (secondary N) is 3. The molecule has 0 atom stereocenters. The molecule has 0 fully saturated rings. The SMILES string of the molecule is COCCCNC(=O)c1ccc(NCC(=O)Nc2ccccc2Cl)cc1. The quantitative estimate of drug-likeness (QED) is 0.588. The molecule has 3 N–H and O–H groups in total. The fourth-order valence-corrected chi connectivity index (χ4v) is 2.38. The number of rotatable bonds is 9. The van der Waals surface area contributed by atoms with E-state index in [-0.39, 0.29) is 18.4 Å². The minimum absolute atomic E-state index is 0.0911. The maximum absolute atomic E-state index is 12.0. The molecule has 0 aliphatic heterocycles. The van der Waals surface area contributed by atoms with Crippen molar-refractivity contribution in [2.75, 3.05) is 37.4 Å². The molecule has 26 heavy (non-hydrogen) atoms. The van der Waals surface area contributed by atoms with Crippen LogP contribution in [0.5, 0.6) is 0 Å². The minimum Gasteiger partial charge on any atom is -0.385 e. The van der Waals surface area contributed by atoms with Crippen molar-refractivity contribution in [1.82, 2.24) is 5.32 Å². The number of para-hydroxylation sites is 1. The standard InChI is InChI=1S/C19H22ClN3O3/c1-26-12-4-11-21-19(25)14-7-9-15(10-8-14)22-13-18(24)23-17-6-3-2-5-16(17)20/h2-3,5-10,22H,4,11-13H2,1H3,(H,21,25)(H,23,24). The molecule has 0 bridgehead atoms. The summed E-state index contributed by atoms with van der Waals surface area (Å²) in [5, 5.41) is 9.05. The van der Waals surface area contributed by atoms with Gasteiger partial charge in [-0.1, -0.05) is 23.7 Å². The van der Waals surface area contributed by atoms with E-state index in [9.17, 15) is 9.59 Å². The number of benzene rings is 2. The van der Waals surface area contributed by atoms with E-state index in [1.165, 1.54) is 0 Å². The zero-order chi connectivity index (χ0) is 18.8. The van der Waals surface area contributed by atoms with Crippen LogP contribution in [-0.4, -0.2) is 38.6 Å². The van der Waals surface area contributed by atoms with Gasteiger partial charge in [-0.2, -0.15) is 0 Å². The van der Waals surface area contributed by atoms with Crippen molar-refractivity contribution < 1.29 is 14.3 Å². The van der Waals surface area contributed by atoms with E-state index in [1.807, 2.05) is 0 Å². The summed E-state index contributed by atoms with van der Waals surface area (Å²) in [6.07, 6.45) is 0.766. The molecule has 0 saturated heterocycles. The number of halogens is 1. The summed E-state index contributed by atoms with van der Waals surface area (Å²) < 4.78 is 4.94. The molecular weight excluding hydrogens is 354 g/mol. The number of hydrogen-bond acceptors (Lipinski definition) is 4. The third-order valence-corrected chi connectivity index (χ3v) is 3.89. The third-order valence-electron chi connectivity index (χ3n) is 3.56. The fourth-order valence-electron chi connectivity index (χ4n) is 2.20. The molecule has 0 aromatic heterocycles. The number of ether oxygens (including phenoxy) is 1. The average molecular weight is 376 g/mol. The molecular formula is C19H22ClN3O3. The van der Waals surface area contributed by atoms with E-state index in [0.29, 0.717) is 29.4 Å². The molecule has 0 heterocycles. The van der Waals surface area contributed by atoms with Crippen molar-refractivity contribution in [2.24, 2.45) is 0 Å². The van der Waals surface area contributed by atoms with Crippen LogP contribution in [0.4, 0.5) is 11.4 Å². The summed E-state index contributed by atoms with van der Waals surface area (Å²) >= 11 is 6.01. The lowest BCUT2D eigenvalue weighted by Gasteiger charge is -2.10. The van der Waals surface area contributed by atoms with Gasteiger partial charge >= 0.3 is 0 Å². The maximum Gasteiger partial charge on any atom is 0.251 e. The first-order chi connectivity index (χ1) is 12.6. The Hall–Kier alpha value is -2.57. The first kappa shape index (κ1) is 19.8. The lowest BCUT2D eigenvalue weighted by Crippen LogP contribution is -2.25. The molecule has 7 heteroatoms. The molecule has 0 aliphatic rings. The van der Waals surface area contributed by atoms with Crippen molar-refractivity contribution in [3.8, 4) is 0 Å². The van der Waals surface area contributed by atoms with Crippen molar-refractivity contribution in [2.45, 2.75) is 6.42 Å². The molecule has 0 aliphatic carbocycles. The van der Waals surface area contributed by atoms with Crippen LogP contribution in [0.25, 0.3) is 0 Å². The van der Waals surface area contributed by atoms with E-state index >= 15 is 0 Å². The topological polar surface area (TPSA) is 79.5 Å². The molecule has 2 aromatic rings.